The summed E-state index contributed by atoms with van der Waals surface area (Å²) in [6, 6.07) is 8.31. The third-order valence-electron chi connectivity index (χ3n) is 4.50. The Kier molecular flexibility index (Phi) is 5.93. The van der Waals surface area contributed by atoms with E-state index in [1.54, 1.807) is 30.0 Å². The molecule has 0 fully saturated rings. The number of hydrogen-bond acceptors (Lipinski definition) is 5. The van der Waals surface area contributed by atoms with Gasteiger partial charge in [0.05, 0.1) is 18.0 Å². The van der Waals surface area contributed by atoms with E-state index in [0.717, 1.165) is 17.7 Å². The number of amides is 1. The van der Waals surface area contributed by atoms with Crippen LogP contribution in [0.4, 0.5) is 0 Å². The van der Waals surface area contributed by atoms with Crippen LogP contribution in [0.5, 0.6) is 0 Å². The maximum atomic E-state index is 12.6. The molecule has 0 bridgehead atoms. The molecule has 2 aromatic rings. The summed E-state index contributed by atoms with van der Waals surface area (Å²) >= 11 is 0. The first kappa shape index (κ1) is 19.5. The van der Waals surface area contributed by atoms with E-state index < -0.39 is 10.0 Å². The van der Waals surface area contributed by atoms with Gasteiger partial charge in [-0.1, -0.05) is 19.1 Å². The normalized spacial score (nSPS) is 16.3. The minimum Gasteiger partial charge on any atom is -0.383 e. The molecule has 0 unspecified atom stereocenters. The number of carbonyl (C=O) groups is 1. The van der Waals surface area contributed by atoms with Gasteiger partial charge >= 0.3 is 0 Å². The zero-order chi connectivity index (χ0) is 19.4. The smallest absolute Gasteiger partial charge is 0.271 e. The fourth-order valence-corrected chi connectivity index (χ4v) is 4.27. The third-order valence-corrected chi connectivity index (χ3v) is 6.04. The van der Waals surface area contributed by atoms with Crippen LogP contribution in [0.3, 0.4) is 0 Å². The molecule has 0 saturated carbocycles. The number of nitrogens with one attached hydrogen (secondary N) is 2. The van der Waals surface area contributed by atoms with Crippen LogP contribution in [0.15, 0.2) is 35.2 Å². The highest BCUT2D eigenvalue weighted by Gasteiger charge is 2.29. The predicted molar refractivity (Wildman–Crippen MR) is 100 cm³/mol. The first-order chi connectivity index (χ1) is 12.9. The van der Waals surface area contributed by atoms with Gasteiger partial charge < -0.3 is 10.1 Å². The van der Waals surface area contributed by atoms with Gasteiger partial charge in [-0.2, -0.15) is 5.10 Å². The number of sulfonamides is 1. The number of benzene rings is 1. The van der Waals surface area contributed by atoms with Crippen LogP contribution in [0, 0.1) is 0 Å². The Labute approximate surface area is 159 Å². The molecule has 146 valence electrons. The lowest BCUT2D eigenvalue weighted by atomic mass is 10.2. The van der Waals surface area contributed by atoms with Crippen molar-refractivity contribution in [2.75, 3.05) is 20.3 Å². The van der Waals surface area contributed by atoms with Crippen molar-refractivity contribution in [2.45, 2.75) is 37.2 Å². The molecule has 1 aliphatic rings. The zero-order valence-corrected chi connectivity index (χ0v) is 16.3. The molecule has 3 rings (SSSR count). The van der Waals surface area contributed by atoms with Crippen molar-refractivity contribution in [2.24, 2.45) is 0 Å². The standard InChI is InChI=1S/C18H24N4O4S/c1-3-13-4-6-16(7-5-13)27(24,25)21-14-10-15-11-17(20-22(15)12-14)18(23)19-8-9-26-2/h4-7,11,14,21H,3,8-10,12H2,1-2H3,(H,19,23)/t14-/m0/s1. The molecule has 8 nitrogen and oxygen atoms in total. The van der Waals surface area contributed by atoms with Crippen LogP contribution in [0.2, 0.25) is 0 Å². The molecule has 2 N–H and O–H groups in total. The van der Waals surface area contributed by atoms with E-state index >= 15 is 0 Å². The number of aromatic nitrogens is 2. The van der Waals surface area contributed by atoms with Gasteiger partial charge in [0.15, 0.2) is 0 Å². The highest BCUT2D eigenvalue weighted by atomic mass is 32.2. The molecule has 1 aliphatic heterocycles. The molecule has 0 aliphatic carbocycles. The van der Waals surface area contributed by atoms with Crippen LogP contribution in [0.1, 0.15) is 28.7 Å². The molecular formula is C18H24N4O4S. The molecule has 0 radical (unpaired) electrons. The van der Waals surface area contributed by atoms with Crippen LogP contribution in [-0.2, 0) is 34.1 Å². The Hall–Kier alpha value is -2.23. The van der Waals surface area contributed by atoms with Crippen molar-refractivity contribution in [1.82, 2.24) is 19.8 Å². The van der Waals surface area contributed by atoms with Crippen LogP contribution in [0.25, 0.3) is 0 Å². The van der Waals surface area contributed by atoms with Gasteiger partial charge in [-0.15, -0.1) is 0 Å². The number of aryl methyl sites for hydroxylation is 1. The third kappa shape index (κ3) is 4.55. The van der Waals surface area contributed by atoms with E-state index in [0.29, 0.717) is 31.8 Å². The number of rotatable bonds is 8. The second kappa shape index (κ2) is 8.20. The predicted octanol–water partition coefficient (Wildman–Crippen LogP) is 0.725. The number of carbonyl (C=O) groups excluding carboxylic acids is 1. The molecule has 1 atom stereocenters. The highest BCUT2D eigenvalue weighted by molar-refractivity contribution is 7.89. The van der Waals surface area contributed by atoms with Gasteiger partial charge in [0.25, 0.3) is 5.91 Å². The van der Waals surface area contributed by atoms with Crippen molar-refractivity contribution >= 4 is 15.9 Å². The molecule has 9 heteroatoms. The first-order valence-electron chi connectivity index (χ1n) is 8.88. The fourth-order valence-electron chi connectivity index (χ4n) is 3.04. The van der Waals surface area contributed by atoms with Gasteiger partial charge in [0, 0.05) is 31.8 Å². The zero-order valence-electron chi connectivity index (χ0n) is 15.4. The Morgan fingerprint density at radius 3 is 2.70 bits per heavy atom. The molecule has 2 heterocycles. The van der Waals surface area contributed by atoms with E-state index in [1.807, 2.05) is 19.1 Å². The molecule has 1 amide bonds. The molecular weight excluding hydrogens is 368 g/mol. The molecule has 27 heavy (non-hydrogen) atoms. The molecule has 0 saturated heterocycles. The van der Waals surface area contributed by atoms with Gasteiger partial charge in [-0.05, 0) is 30.2 Å². The summed E-state index contributed by atoms with van der Waals surface area (Å²) in [7, 11) is -2.02. The maximum Gasteiger partial charge on any atom is 0.271 e. The van der Waals surface area contributed by atoms with Crippen molar-refractivity contribution < 1.29 is 17.9 Å². The SMILES string of the molecule is CCc1ccc(S(=O)(=O)N[C@H]2Cc3cc(C(=O)NCCOC)nn3C2)cc1. The minimum absolute atomic E-state index is 0.252. The topological polar surface area (TPSA) is 102 Å². The van der Waals surface area contributed by atoms with Crippen LogP contribution in [-0.4, -0.2) is 50.4 Å². The average molecular weight is 392 g/mol. The first-order valence-corrected chi connectivity index (χ1v) is 10.4. The highest BCUT2D eigenvalue weighted by Crippen LogP contribution is 2.19. The average Bonchev–Trinajstić information content (AvgIpc) is 3.20. The summed E-state index contributed by atoms with van der Waals surface area (Å²) in [6.07, 6.45) is 1.35. The molecule has 1 aromatic carbocycles. The number of hydrogen-bond donors (Lipinski definition) is 2. The number of ether oxygens (including phenoxy) is 1. The fraction of sp³-hybridized carbons (Fsp3) is 0.444. The number of nitrogens with zero attached hydrogens (tertiary/aromatic N) is 2. The lowest BCUT2D eigenvalue weighted by molar-refractivity contribution is 0.0931. The van der Waals surface area contributed by atoms with Gasteiger partial charge in [-0.25, -0.2) is 13.1 Å². The molecule has 0 spiro atoms. The lowest BCUT2D eigenvalue weighted by Crippen LogP contribution is -2.36. The Bertz CT molecular complexity index is 882. The summed E-state index contributed by atoms with van der Waals surface area (Å²) in [6.45, 7) is 3.26. The van der Waals surface area contributed by atoms with E-state index in [9.17, 15) is 13.2 Å². The van der Waals surface area contributed by atoms with Crippen molar-refractivity contribution in [1.29, 1.82) is 0 Å². The lowest BCUT2D eigenvalue weighted by Gasteiger charge is -2.12. The van der Waals surface area contributed by atoms with Crippen molar-refractivity contribution in [3.8, 4) is 0 Å². The second-order valence-corrected chi connectivity index (χ2v) is 8.19. The van der Waals surface area contributed by atoms with E-state index in [-0.39, 0.29) is 16.8 Å². The quantitative estimate of drug-likeness (QED) is 0.645. The maximum absolute atomic E-state index is 12.6. The van der Waals surface area contributed by atoms with E-state index in [4.69, 9.17) is 4.74 Å². The minimum atomic E-state index is -3.59. The van der Waals surface area contributed by atoms with E-state index in [2.05, 4.69) is 15.1 Å². The summed E-state index contributed by atoms with van der Waals surface area (Å²) in [5, 5.41) is 6.99. The summed E-state index contributed by atoms with van der Waals surface area (Å²) in [5.41, 5.74) is 2.25. The van der Waals surface area contributed by atoms with Crippen LogP contribution < -0.4 is 10.0 Å². The second-order valence-electron chi connectivity index (χ2n) is 6.47. The van der Waals surface area contributed by atoms with Crippen molar-refractivity contribution in [3.63, 3.8) is 0 Å². The summed E-state index contributed by atoms with van der Waals surface area (Å²) in [4.78, 5) is 12.3. The van der Waals surface area contributed by atoms with Gasteiger partial charge in [-0.3, -0.25) is 9.48 Å². The number of fused-ring (bicyclic) bond motifs is 1. The molecule has 1 aromatic heterocycles. The van der Waals surface area contributed by atoms with Crippen LogP contribution >= 0.6 is 0 Å². The monoisotopic (exact) mass is 392 g/mol. The van der Waals surface area contributed by atoms with Gasteiger partial charge in [0.1, 0.15) is 5.69 Å². The Morgan fingerprint density at radius 1 is 1.33 bits per heavy atom. The summed E-state index contributed by atoms with van der Waals surface area (Å²) in [5.74, 6) is -0.262. The largest absolute Gasteiger partial charge is 0.383 e. The van der Waals surface area contributed by atoms with E-state index in [1.165, 1.54) is 0 Å². The van der Waals surface area contributed by atoms with Crippen molar-refractivity contribution in [3.05, 3.63) is 47.3 Å². The Morgan fingerprint density at radius 2 is 2.07 bits per heavy atom. The number of methoxy groups -OCH3 is 1. The summed E-state index contributed by atoms with van der Waals surface area (Å²) < 4.78 is 34.4. The van der Waals surface area contributed by atoms with Gasteiger partial charge in [0.2, 0.25) is 10.0 Å². The Balaban J connectivity index is 1.61.